The summed E-state index contributed by atoms with van der Waals surface area (Å²) >= 11 is 0. The minimum absolute atomic E-state index is 0.261. The Hall–Kier alpha value is -3.08. The van der Waals surface area contributed by atoms with Crippen LogP contribution in [-0.2, 0) is 6.42 Å². The number of nitrogens with zero attached hydrogens (tertiary/aromatic N) is 1. The Bertz CT molecular complexity index is 738. The molecule has 1 aromatic carbocycles. The Morgan fingerprint density at radius 1 is 1.04 bits per heavy atom. The van der Waals surface area contributed by atoms with E-state index >= 15 is 0 Å². The zero-order valence-corrected chi connectivity index (χ0v) is 12.5. The number of hydrogen-bond acceptors (Lipinski definition) is 4. The molecule has 0 bridgehead atoms. The Kier molecular flexibility index (Phi) is 4.69. The van der Waals surface area contributed by atoms with Crippen molar-refractivity contribution in [1.82, 2.24) is 4.98 Å². The zero-order chi connectivity index (χ0) is 15.9. The summed E-state index contributed by atoms with van der Waals surface area (Å²) in [6.07, 6.45) is 4.10. The smallest absolute Gasteiger partial charge is 0.292 e. The highest BCUT2D eigenvalue weighted by Crippen LogP contribution is 2.11. The van der Waals surface area contributed by atoms with Crippen molar-refractivity contribution < 1.29 is 9.21 Å². The van der Waals surface area contributed by atoms with Crippen LogP contribution in [0.25, 0.3) is 0 Å². The summed E-state index contributed by atoms with van der Waals surface area (Å²) in [5, 5.41) is 5.99. The van der Waals surface area contributed by atoms with Crippen LogP contribution in [0.15, 0.2) is 71.5 Å². The summed E-state index contributed by atoms with van der Waals surface area (Å²) in [7, 11) is 0. The van der Waals surface area contributed by atoms with Crippen LogP contribution < -0.4 is 10.6 Å². The molecule has 2 N–H and O–H groups in total. The number of pyridine rings is 1. The minimum Gasteiger partial charge on any atom is -0.459 e. The summed E-state index contributed by atoms with van der Waals surface area (Å²) in [6, 6.07) is 17.2. The number of nitrogens with one attached hydrogen (secondary N) is 2. The first kappa shape index (κ1) is 14.8. The molecule has 116 valence electrons. The Labute approximate surface area is 134 Å². The summed E-state index contributed by atoms with van der Waals surface area (Å²) in [5.41, 5.74) is 2.20. The highest BCUT2D eigenvalue weighted by molar-refractivity contribution is 6.01. The van der Waals surface area contributed by atoms with Gasteiger partial charge in [0.25, 0.3) is 5.91 Å². The normalized spacial score (nSPS) is 10.3. The Morgan fingerprint density at radius 2 is 1.91 bits per heavy atom. The summed E-state index contributed by atoms with van der Waals surface area (Å²) in [4.78, 5) is 16.0. The van der Waals surface area contributed by atoms with Gasteiger partial charge in [0.15, 0.2) is 5.76 Å². The van der Waals surface area contributed by atoms with Crippen molar-refractivity contribution in [2.45, 2.75) is 6.42 Å². The highest BCUT2D eigenvalue weighted by atomic mass is 16.3. The molecule has 2 heterocycles. The second kappa shape index (κ2) is 7.26. The van der Waals surface area contributed by atoms with Gasteiger partial charge in [-0.15, -0.1) is 0 Å². The molecule has 0 atom stereocenters. The molecule has 2 aromatic heterocycles. The maximum absolute atomic E-state index is 11.8. The third-order valence-electron chi connectivity index (χ3n) is 3.34. The fourth-order valence-electron chi connectivity index (χ4n) is 2.15. The van der Waals surface area contributed by atoms with Gasteiger partial charge in [-0.05, 0) is 36.2 Å². The van der Waals surface area contributed by atoms with Gasteiger partial charge < -0.3 is 15.1 Å². The molecule has 0 spiro atoms. The van der Waals surface area contributed by atoms with E-state index in [2.05, 4.69) is 27.8 Å². The maximum atomic E-state index is 11.8. The van der Waals surface area contributed by atoms with Gasteiger partial charge >= 0.3 is 0 Å². The second-order valence-electron chi connectivity index (χ2n) is 5.03. The molecule has 3 rings (SSSR count). The lowest BCUT2D eigenvalue weighted by Crippen LogP contribution is -2.12. The van der Waals surface area contributed by atoms with E-state index in [1.165, 1.54) is 11.8 Å². The average Bonchev–Trinajstić information content (AvgIpc) is 3.12. The Morgan fingerprint density at radius 3 is 2.61 bits per heavy atom. The van der Waals surface area contributed by atoms with Crippen molar-refractivity contribution >= 4 is 17.4 Å². The lowest BCUT2D eigenvalue weighted by Gasteiger charge is -2.07. The topological polar surface area (TPSA) is 67.2 Å². The predicted octanol–water partition coefficient (Wildman–Crippen LogP) is 3.58. The second-order valence-corrected chi connectivity index (χ2v) is 5.03. The first-order valence-corrected chi connectivity index (χ1v) is 7.40. The van der Waals surface area contributed by atoms with Crippen molar-refractivity contribution in [3.63, 3.8) is 0 Å². The van der Waals surface area contributed by atoms with Crippen LogP contribution in [0.5, 0.6) is 0 Å². The van der Waals surface area contributed by atoms with Gasteiger partial charge in [0, 0.05) is 6.54 Å². The van der Waals surface area contributed by atoms with Gasteiger partial charge in [-0.25, -0.2) is 4.98 Å². The van der Waals surface area contributed by atoms with Gasteiger partial charge in [-0.3, -0.25) is 4.79 Å². The number of furan rings is 1. The molecule has 0 aliphatic rings. The monoisotopic (exact) mass is 307 g/mol. The molecule has 23 heavy (non-hydrogen) atoms. The molecule has 0 saturated heterocycles. The predicted molar refractivity (Wildman–Crippen MR) is 89.5 cm³/mol. The number of amides is 1. The third kappa shape index (κ3) is 4.20. The maximum Gasteiger partial charge on any atom is 0.292 e. The third-order valence-corrected chi connectivity index (χ3v) is 3.34. The van der Waals surface area contributed by atoms with Crippen LogP contribution in [0.4, 0.5) is 11.5 Å². The van der Waals surface area contributed by atoms with Gasteiger partial charge in [0.1, 0.15) is 5.82 Å². The summed E-state index contributed by atoms with van der Waals surface area (Å²) < 4.78 is 5.03. The van der Waals surface area contributed by atoms with Crippen LogP contribution in [0.1, 0.15) is 16.1 Å². The number of rotatable bonds is 6. The molecule has 5 nitrogen and oxygen atoms in total. The number of benzene rings is 1. The van der Waals surface area contributed by atoms with E-state index in [-0.39, 0.29) is 11.7 Å². The van der Waals surface area contributed by atoms with Crippen molar-refractivity contribution in [2.75, 3.05) is 17.2 Å². The fourth-order valence-corrected chi connectivity index (χ4v) is 2.15. The standard InChI is InChI=1S/C18H17N3O2/c22-18(16-7-4-12-23-16)21-17-9-8-15(13-20-17)19-11-10-14-5-2-1-3-6-14/h1-9,12-13,19H,10-11H2,(H,20,21,22). The lowest BCUT2D eigenvalue weighted by molar-refractivity contribution is 0.0996. The molecule has 0 aliphatic heterocycles. The van der Waals surface area contributed by atoms with Crippen molar-refractivity contribution in [1.29, 1.82) is 0 Å². The fraction of sp³-hybridized carbons (Fsp3) is 0.111. The van der Waals surface area contributed by atoms with E-state index in [0.717, 1.165) is 18.7 Å². The van der Waals surface area contributed by atoms with E-state index < -0.39 is 0 Å². The van der Waals surface area contributed by atoms with Crippen molar-refractivity contribution in [3.8, 4) is 0 Å². The summed E-state index contributed by atoms with van der Waals surface area (Å²) in [6.45, 7) is 0.823. The number of carbonyl (C=O) groups is 1. The van der Waals surface area contributed by atoms with Crippen LogP contribution in [0.2, 0.25) is 0 Å². The largest absolute Gasteiger partial charge is 0.459 e. The van der Waals surface area contributed by atoms with Crippen LogP contribution in [-0.4, -0.2) is 17.4 Å². The molecule has 0 radical (unpaired) electrons. The molecule has 1 amide bonds. The van der Waals surface area contributed by atoms with Gasteiger partial charge in [-0.2, -0.15) is 0 Å². The van der Waals surface area contributed by atoms with Gasteiger partial charge in [0.05, 0.1) is 18.1 Å². The quantitative estimate of drug-likeness (QED) is 0.730. The lowest BCUT2D eigenvalue weighted by atomic mass is 10.1. The molecule has 0 saturated carbocycles. The molecular formula is C18H17N3O2. The number of anilines is 2. The minimum atomic E-state index is -0.313. The Balaban J connectivity index is 1.50. The van der Waals surface area contributed by atoms with Crippen molar-refractivity contribution in [2.24, 2.45) is 0 Å². The highest BCUT2D eigenvalue weighted by Gasteiger charge is 2.08. The van der Waals surface area contributed by atoms with E-state index in [9.17, 15) is 4.79 Å². The number of aromatic nitrogens is 1. The molecule has 3 aromatic rings. The van der Waals surface area contributed by atoms with E-state index in [1.54, 1.807) is 24.4 Å². The van der Waals surface area contributed by atoms with Crippen molar-refractivity contribution in [3.05, 3.63) is 78.4 Å². The van der Waals surface area contributed by atoms with Gasteiger partial charge in [0.2, 0.25) is 0 Å². The zero-order valence-electron chi connectivity index (χ0n) is 12.5. The first-order valence-electron chi connectivity index (χ1n) is 7.40. The first-order chi connectivity index (χ1) is 11.3. The van der Waals surface area contributed by atoms with Gasteiger partial charge in [-0.1, -0.05) is 30.3 Å². The SMILES string of the molecule is O=C(Nc1ccc(NCCc2ccccc2)cn1)c1ccco1. The number of hydrogen-bond donors (Lipinski definition) is 2. The average molecular weight is 307 g/mol. The van der Waals surface area contributed by atoms with Crippen LogP contribution in [0.3, 0.4) is 0 Å². The number of carbonyl (C=O) groups excluding carboxylic acids is 1. The molecule has 0 unspecified atom stereocenters. The molecule has 5 heteroatoms. The van der Waals surface area contributed by atoms with Crippen LogP contribution >= 0.6 is 0 Å². The summed E-state index contributed by atoms with van der Waals surface area (Å²) in [5.74, 6) is 0.434. The van der Waals surface area contributed by atoms with Crippen LogP contribution in [0, 0.1) is 0 Å². The molecular weight excluding hydrogens is 290 g/mol. The van der Waals surface area contributed by atoms with E-state index in [1.807, 2.05) is 24.3 Å². The van der Waals surface area contributed by atoms with E-state index in [4.69, 9.17) is 4.42 Å². The molecule has 0 aliphatic carbocycles. The molecule has 0 fully saturated rings. The van der Waals surface area contributed by atoms with E-state index in [0.29, 0.717) is 5.82 Å².